The van der Waals surface area contributed by atoms with E-state index in [4.69, 9.17) is 0 Å². The molecule has 27 heavy (non-hydrogen) atoms. The molecule has 0 spiro atoms. The fourth-order valence-electron chi connectivity index (χ4n) is 2.73. The van der Waals surface area contributed by atoms with Crippen LogP contribution in [0.25, 0.3) is 16.9 Å². The second-order valence-electron chi connectivity index (χ2n) is 5.95. The lowest BCUT2D eigenvalue weighted by Crippen LogP contribution is -1.97. The third kappa shape index (κ3) is 3.42. The average molecular weight is 352 g/mol. The molecule has 0 saturated carbocycles. The highest BCUT2D eigenvalue weighted by Crippen LogP contribution is 2.18. The second kappa shape index (κ2) is 7.14. The molecule has 0 atom stereocenters. The molecule has 0 fully saturated rings. The van der Waals surface area contributed by atoms with E-state index in [9.17, 15) is 4.79 Å². The summed E-state index contributed by atoms with van der Waals surface area (Å²) in [5.41, 5.74) is 5.73. The maximum absolute atomic E-state index is 10.8. The smallest absolute Gasteiger partial charge is 0.154 e. The van der Waals surface area contributed by atoms with E-state index in [1.165, 1.54) is 0 Å². The third-order valence-electron chi connectivity index (χ3n) is 4.19. The van der Waals surface area contributed by atoms with Crippen LogP contribution in [0.5, 0.6) is 0 Å². The quantitative estimate of drug-likeness (QED) is 0.452. The summed E-state index contributed by atoms with van der Waals surface area (Å²) in [6, 6.07) is 19.0. The van der Waals surface area contributed by atoms with Crippen LogP contribution in [-0.2, 0) is 0 Å². The minimum Gasteiger partial charge on any atom is -0.388 e. The zero-order chi connectivity index (χ0) is 18.6. The highest BCUT2D eigenvalue weighted by atomic mass is 16.1. The Morgan fingerprint density at radius 1 is 1.04 bits per heavy atom. The van der Waals surface area contributed by atoms with Crippen molar-refractivity contribution in [2.45, 2.75) is 0 Å². The predicted molar refractivity (Wildman–Crippen MR) is 106 cm³/mol. The lowest BCUT2D eigenvalue weighted by molar-refractivity contribution is 0.112. The molecule has 2 heterocycles. The average Bonchev–Trinajstić information content (AvgIpc) is 3.14. The van der Waals surface area contributed by atoms with E-state index in [1.54, 1.807) is 22.8 Å². The third-order valence-corrected chi connectivity index (χ3v) is 4.19. The highest BCUT2D eigenvalue weighted by molar-refractivity contribution is 5.76. The molecule has 0 unspecified atom stereocenters. The molecule has 0 aliphatic rings. The van der Waals surface area contributed by atoms with Crippen molar-refractivity contribution in [3.05, 3.63) is 83.7 Å². The van der Waals surface area contributed by atoms with Gasteiger partial charge in [0, 0.05) is 29.4 Å². The highest BCUT2D eigenvalue weighted by Gasteiger charge is 2.06. The maximum atomic E-state index is 10.8. The van der Waals surface area contributed by atoms with Gasteiger partial charge in [0.2, 0.25) is 0 Å². The summed E-state index contributed by atoms with van der Waals surface area (Å²) >= 11 is 0. The van der Waals surface area contributed by atoms with Gasteiger partial charge in [-0.2, -0.15) is 5.10 Å². The van der Waals surface area contributed by atoms with Crippen molar-refractivity contribution in [1.82, 2.24) is 14.6 Å². The topological polar surface area (TPSA) is 59.3 Å². The molecule has 2 aromatic carbocycles. The molecular formula is C22H16N4O. The molecule has 4 aromatic rings. The number of anilines is 1. The number of benzene rings is 2. The van der Waals surface area contributed by atoms with E-state index < -0.39 is 0 Å². The van der Waals surface area contributed by atoms with Crippen molar-refractivity contribution in [2.24, 2.45) is 0 Å². The molecule has 0 aliphatic heterocycles. The fraction of sp³-hybridized carbons (Fsp3) is 0.0455. The molecular weight excluding hydrogens is 336 g/mol. The number of aromatic nitrogens is 3. The molecule has 5 nitrogen and oxygen atoms in total. The number of aldehydes is 1. The Bertz CT molecular complexity index is 1180. The first kappa shape index (κ1) is 16.6. The summed E-state index contributed by atoms with van der Waals surface area (Å²) in [5.74, 6) is 6.30. The number of carbonyl (C=O) groups is 1. The predicted octanol–water partition coefficient (Wildman–Crippen LogP) is 3.65. The first-order valence-corrected chi connectivity index (χ1v) is 8.47. The molecule has 0 amide bonds. The van der Waals surface area contributed by atoms with Crippen LogP contribution >= 0.6 is 0 Å². The largest absolute Gasteiger partial charge is 0.388 e. The van der Waals surface area contributed by atoms with E-state index in [1.807, 2.05) is 55.6 Å². The standard InChI is InChI=1S/C22H16N4O/c1-23-19-4-2-3-16(13-19)7-10-20-14-24-22-12-11-21(25-26(20)22)18-8-5-17(15-27)6-9-18/h2-6,8-9,11-15,23H,1H3. The van der Waals surface area contributed by atoms with Gasteiger partial charge < -0.3 is 5.32 Å². The number of imidazole rings is 1. The zero-order valence-corrected chi connectivity index (χ0v) is 14.7. The summed E-state index contributed by atoms with van der Waals surface area (Å²) in [6.45, 7) is 0. The number of rotatable bonds is 3. The minimum atomic E-state index is 0.637. The van der Waals surface area contributed by atoms with Crippen LogP contribution < -0.4 is 5.32 Å². The van der Waals surface area contributed by atoms with Crippen molar-refractivity contribution in [3.8, 4) is 23.1 Å². The van der Waals surface area contributed by atoms with Crippen molar-refractivity contribution in [1.29, 1.82) is 0 Å². The molecule has 0 saturated heterocycles. The first-order chi connectivity index (χ1) is 13.3. The van der Waals surface area contributed by atoms with Crippen LogP contribution in [0.3, 0.4) is 0 Å². The Morgan fingerprint density at radius 3 is 2.67 bits per heavy atom. The summed E-state index contributed by atoms with van der Waals surface area (Å²) < 4.78 is 1.73. The number of hydrogen-bond acceptors (Lipinski definition) is 4. The molecule has 4 rings (SSSR count). The zero-order valence-electron chi connectivity index (χ0n) is 14.7. The van der Waals surface area contributed by atoms with E-state index in [2.05, 4.69) is 27.2 Å². The van der Waals surface area contributed by atoms with Gasteiger partial charge in [0.15, 0.2) is 5.65 Å². The molecule has 1 N–H and O–H groups in total. The van der Waals surface area contributed by atoms with Crippen LogP contribution in [0.2, 0.25) is 0 Å². The van der Waals surface area contributed by atoms with Gasteiger partial charge in [-0.15, -0.1) is 0 Å². The molecule has 2 aromatic heterocycles. The van der Waals surface area contributed by atoms with Crippen molar-refractivity contribution >= 4 is 17.6 Å². The Labute approximate surface area is 156 Å². The van der Waals surface area contributed by atoms with Crippen LogP contribution in [0, 0.1) is 11.8 Å². The summed E-state index contributed by atoms with van der Waals surface area (Å²) in [5, 5.41) is 7.76. The molecule has 130 valence electrons. The summed E-state index contributed by atoms with van der Waals surface area (Å²) in [6.07, 6.45) is 2.55. The minimum absolute atomic E-state index is 0.637. The summed E-state index contributed by atoms with van der Waals surface area (Å²) in [7, 11) is 1.88. The van der Waals surface area contributed by atoms with E-state index in [0.717, 1.165) is 34.4 Å². The first-order valence-electron chi connectivity index (χ1n) is 8.47. The number of nitrogens with one attached hydrogen (secondary N) is 1. The second-order valence-corrected chi connectivity index (χ2v) is 5.95. The normalized spacial score (nSPS) is 10.3. The lowest BCUT2D eigenvalue weighted by atomic mass is 10.1. The van der Waals surface area contributed by atoms with Gasteiger partial charge in [-0.25, -0.2) is 9.50 Å². The maximum Gasteiger partial charge on any atom is 0.154 e. The van der Waals surface area contributed by atoms with Gasteiger partial charge in [-0.1, -0.05) is 36.3 Å². The Hall–Kier alpha value is -3.91. The van der Waals surface area contributed by atoms with Crippen LogP contribution in [0.1, 0.15) is 21.6 Å². The van der Waals surface area contributed by atoms with Crippen LogP contribution in [0.4, 0.5) is 5.69 Å². The monoisotopic (exact) mass is 352 g/mol. The molecule has 0 aliphatic carbocycles. The number of carbonyl (C=O) groups excluding carboxylic acids is 1. The lowest BCUT2D eigenvalue weighted by Gasteiger charge is -2.02. The Balaban J connectivity index is 1.72. The van der Waals surface area contributed by atoms with Crippen LogP contribution in [0.15, 0.2) is 66.9 Å². The number of fused-ring (bicyclic) bond motifs is 1. The van der Waals surface area contributed by atoms with Crippen molar-refractivity contribution in [3.63, 3.8) is 0 Å². The molecule has 0 radical (unpaired) electrons. The van der Waals surface area contributed by atoms with E-state index in [0.29, 0.717) is 11.3 Å². The Kier molecular flexibility index (Phi) is 4.38. The fourth-order valence-corrected chi connectivity index (χ4v) is 2.73. The van der Waals surface area contributed by atoms with E-state index >= 15 is 0 Å². The van der Waals surface area contributed by atoms with Gasteiger partial charge in [0.1, 0.15) is 12.0 Å². The van der Waals surface area contributed by atoms with Gasteiger partial charge in [0.05, 0.1) is 11.9 Å². The SMILES string of the molecule is CNc1cccc(C#Cc2cnc3ccc(-c4ccc(C=O)cc4)nn23)c1. The summed E-state index contributed by atoms with van der Waals surface area (Å²) in [4.78, 5) is 15.2. The number of nitrogens with zero attached hydrogens (tertiary/aromatic N) is 3. The molecule has 5 heteroatoms. The van der Waals surface area contributed by atoms with E-state index in [-0.39, 0.29) is 0 Å². The van der Waals surface area contributed by atoms with Gasteiger partial charge >= 0.3 is 0 Å². The van der Waals surface area contributed by atoms with Gasteiger partial charge in [0.25, 0.3) is 0 Å². The van der Waals surface area contributed by atoms with Gasteiger partial charge in [-0.05, 0) is 36.3 Å². The van der Waals surface area contributed by atoms with Crippen molar-refractivity contribution < 1.29 is 4.79 Å². The van der Waals surface area contributed by atoms with Crippen LogP contribution in [-0.4, -0.2) is 27.9 Å². The van der Waals surface area contributed by atoms with Gasteiger partial charge in [-0.3, -0.25) is 4.79 Å². The molecule has 0 bridgehead atoms. The van der Waals surface area contributed by atoms with Crippen molar-refractivity contribution in [2.75, 3.05) is 12.4 Å². The number of hydrogen-bond donors (Lipinski definition) is 1. The Morgan fingerprint density at radius 2 is 1.89 bits per heavy atom.